The van der Waals surface area contributed by atoms with Crippen LogP contribution in [0, 0.1) is 6.92 Å². The van der Waals surface area contributed by atoms with Gasteiger partial charge in [0.1, 0.15) is 0 Å². The largest absolute Gasteiger partial charge is 0.416 e. The van der Waals surface area contributed by atoms with Gasteiger partial charge < -0.3 is 5.73 Å². The van der Waals surface area contributed by atoms with E-state index in [9.17, 15) is 13.2 Å². The average Bonchev–Trinajstić information content (AvgIpc) is 2.38. The van der Waals surface area contributed by atoms with Gasteiger partial charge in [0.25, 0.3) is 0 Å². The lowest BCUT2D eigenvalue weighted by Crippen LogP contribution is -2.14. The lowest BCUT2D eigenvalue weighted by atomic mass is 9.97. The second-order valence-corrected chi connectivity index (χ2v) is 4.33. The smallest absolute Gasteiger partial charge is 0.320 e. The Morgan fingerprint density at radius 1 is 1.11 bits per heavy atom. The van der Waals surface area contributed by atoms with Crippen molar-refractivity contribution < 1.29 is 13.2 Å². The van der Waals surface area contributed by atoms with Gasteiger partial charge in [-0.15, -0.1) is 0 Å². The van der Waals surface area contributed by atoms with Crippen LogP contribution in [-0.4, -0.2) is 4.98 Å². The predicted molar refractivity (Wildman–Crippen MR) is 66.4 cm³/mol. The zero-order valence-electron chi connectivity index (χ0n) is 10.3. The first-order chi connectivity index (χ1) is 8.89. The van der Waals surface area contributed by atoms with Crippen LogP contribution < -0.4 is 5.73 Å². The highest BCUT2D eigenvalue weighted by Gasteiger charge is 2.30. The number of aryl methyl sites for hydroxylation is 1. The maximum absolute atomic E-state index is 12.5. The third-order valence-corrected chi connectivity index (χ3v) is 3.01. The third kappa shape index (κ3) is 2.93. The monoisotopic (exact) mass is 266 g/mol. The van der Waals surface area contributed by atoms with E-state index in [1.54, 1.807) is 12.4 Å². The molecule has 5 heteroatoms. The van der Waals surface area contributed by atoms with Gasteiger partial charge in [-0.1, -0.05) is 12.1 Å². The molecule has 0 fully saturated rings. The lowest BCUT2D eigenvalue weighted by molar-refractivity contribution is -0.137. The van der Waals surface area contributed by atoms with Crippen molar-refractivity contribution in [2.45, 2.75) is 19.1 Å². The molecule has 1 aromatic carbocycles. The van der Waals surface area contributed by atoms with Crippen LogP contribution in [0.2, 0.25) is 0 Å². The number of nitrogens with zero attached hydrogens (tertiary/aromatic N) is 1. The molecule has 19 heavy (non-hydrogen) atoms. The fraction of sp³-hybridized carbons (Fsp3) is 0.214. The Morgan fingerprint density at radius 3 is 2.26 bits per heavy atom. The van der Waals surface area contributed by atoms with E-state index < -0.39 is 17.8 Å². The standard InChI is InChI=1S/C14H13F3N2/c1-9-6-7-19-8-12(9)13(18)10-2-4-11(5-3-10)14(15,16)17/h2-8,13H,18H2,1H3. The van der Waals surface area contributed by atoms with Crippen LogP contribution in [0.3, 0.4) is 0 Å². The van der Waals surface area contributed by atoms with Crippen molar-refractivity contribution in [3.63, 3.8) is 0 Å². The van der Waals surface area contributed by atoms with E-state index in [0.29, 0.717) is 5.56 Å². The van der Waals surface area contributed by atoms with Gasteiger partial charge in [0.2, 0.25) is 0 Å². The van der Waals surface area contributed by atoms with Crippen LogP contribution in [0.4, 0.5) is 13.2 Å². The number of alkyl halides is 3. The highest BCUT2D eigenvalue weighted by Crippen LogP contribution is 2.30. The molecule has 0 aliphatic heterocycles. The fourth-order valence-electron chi connectivity index (χ4n) is 1.86. The molecule has 1 heterocycles. The van der Waals surface area contributed by atoms with E-state index >= 15 is 0 Å². The summed E-state index contributed by atoms with van der Waals surface area (Å²) in [6.45, 7) is 1.89. The molecule has 100 valence electrons. The van der Waals surface area contributed by atoms with E-state index in [4.69, 9.17) is 5.73 Å². The summed E-state index contributed by atoms with van der Waals surface area (Å²) < 4.78 is 37.4. The zero-order chi connectivity index (χ0) is 14.0. The van der Waals surface area contributed by atoms with E-state index in [0.717, 1.165) is 23.3 Å². The van der Waals surface area contributed by atoms with Crippen LogP contribution in [-0.2, 0) is 6.18 Å². The summed E-state index contributed by atoms with van der Waals surface area (Å²) in [4.78, 5) is 3.99. The topological polar surface area (TPSA) is 38.9 Å². The number of halogens is 3. The normalized spacial score (nSPS) is 13.3. The zero-order valence-corrected chi connectivity index (χ0v) is 10.3. The highest BCUT2D eigenvalue weighted by molar-refractivity contribution is 5.36. The quantitative estimate of drug-likeness (QED) is 0.904. The number of hydrogen-bond donors (Lipinski definition) is 1. The molecule has 0 bridgehead atoms. The van der Waals surface area contributed by atoms with Crippen molar-refractivity contribution >= 4 is 0 Å². The number of rotatable bonds is 2. The molecular weight excluding hydrogens is 253 g/mol. The molecule has 2 aromatic rings. The molecule has 0 saturated carbocycles. The van der Waals surface area contributed by atoms with Crippen LogP contribution in [0.25, 0.3) is 0 Å². The minimum absolute atomic E-state index is 0.476. The van der Waals surface area contributed by atoms with Gasteiger partial charge in [-0.05, 0) is 41.8 Å². The van der Waals surface area contributed by atoms with Gasteiger partial charge in [-0.2, -0.15) is 13.2 Å². The van der Waals surface area contributed by atoms with Gasteiger partial charge in [0.15, 0.2) is 0 Å². The number of benzene rings is 1. The first-order valence-corrected chi connectivity index (χ1v) is 5.73. The Morgan fingerprint density at radius 2 is 1.74 bits per heavy atom. The minimum atomic E-state index is -4.33. The number of aromatic nitrogens is 1. The summed E-state index contributed by atoms with van der Waals surface area (Å²) in [6, 6.07) is 6.23. The van der Waals surface area contributed by atoms with Crippen LogP contribution >= 0.6 is 0 Å². The van der Waals surface area contributed by atoms with Crippen molar-refractivity contribution in [3.05, 3.63) is 65.0 Å². The van der Waals surface area contributed by atoms with E-state index in [1.807, 2.05) is 13.0 Å². The van der Waals surface area contributed by atoms with Crippen molar-refractivity contribution in [3.8, 4) is 0 Å². The van der Waals surface area contributed by atoms with Crippen LogP contribution in [0.1, 0.15) is 28.3 Å². The van der Waals surface area contributed by atoms with Gasteiger partial charge in [0, 0.05) is 12.4 Å². The lowest BCUT2D eigenvalue weighted by Gasteiger charge is -2.15. The van der Waals surface area contributed by atoms with Crippen molar-refractivity contribution in [2.75, 3.05) is 0 Å². The summed E-state index contributed by atoms with van der Waals surface area (Å²) in [6.07, 6.45) is -1.04. The maximum atomic E-state index is 12.5. The van der Waals surface area contributed by atoms with Gasteiger partial charge in [0.05, 0.1) is 11.6 Å². The van der Waals surface area contributed by atoms with E-state index in [2.05, 4.69) is 4.98 Å². The molecule has 0 aliphatic rings. The third-order valence-electron chi connectivity index (χ3n) is 3.01. The fourth-order valence-corrected chi connectivity index (χ4v) is 1.86. The van der Waals surface area contributed by atoms with Crippen LogP contribution in [0.15, 0.2) is 42.7 Å². The molecule has 0 radical (unpaired) electrons. The van der Waals surface area contributed by atoms with E-state index in [1.165, 1.54) is 12.1 Å². The van der Waals surface area contributed by atoms with Gasteiger partial charge in [-0.25, -0.2) is 0 Å². The molecule has 2 rings (SSSR count). The summed E-state index contributed by atoms with van der Waals surface area (Å²) in [5.41, 5.74) is 7.78. The first kappa shape index (κ1) is 13.5. The van der Waals surface area contributed by atoms with Crippen LogP contribution in [0.5, 0.6) is 0 Å². The molecule has 1 aromatic heterocycles. The van der Waals surface area contributed by atoms with E-state index in [-0.39, 0.29) is 0 Å². The molecule has 0 amide bonds. The minimum Gasteiger partial charge on any atom is -0.320 e. The Hall–Kier alpha value is -1.88. The molecule has 2 nitrogen and oxygen atoms in total. The van der Waals surface area contributed by atoms with Gasteiger partial charge >= 0.3 is 6.18 Å². The van der Waals surface area contributed by atoms with Crippen molar-refractivity contribution in [1.29, 1.82) is 0 Å². The summed E-state index contributed by atoms with van der Waals surface area (Å²) in [5.74, 6) is 0. The van der Waals surface area contributed by atoms with Gasteiger partial charge in [-0.3, -0.25) is 4.98 Å². The molecule has 1 atom stereocenters. The predicted octanol–water partition coefficient (Wildman–Crippen LogP) is 3.46. The highest BCUT2D eigenvalue weighted by atomic mass is 19.4. The Labute approximate surface area is 109 Å². The molecular formula is C14H13F3N2. The summed E-state index contributed by atoms with van der Waals surface area (Å²) in [7, 11) is 0. The summed E-state index contributed by atoms with van der Waals surface area (Å²) in [5, 5.41) is 0. The number of pyridine rings is 1. The Kier molecular flexibility index (Phi) is 3.57. The molecule has 0 spiro atoms. The second kappa shape index (κ2) is 5.01. The molecule has 2 N–H and O–H groups in total. The molecule has 1 unspecified atom stereocenters. The van der Waals surface area contributed by atoms with Crippen molar-refractivity contribution in [2.24, 2.45) is 5.73 Å². The number of nitrogens with two attached hydrogens (primary N) is 1. The van der Waals surface area contributed by atoms with Crippen molar-refractivity contribution in [1.82, 2.24) is 4.98 Å². The first-order valence-electron chi connectivity index (χ1n) is 5.73. The number of hydrogen-bond acceptors (Lipinski definition) is 2. The Balaban J connectivity index is 2.31. The SMILES string of the molecule is Cc1ccncc1C(N)c1ccc(C(F)(F)F)cc1. The second-order valence-electron chi connectivity index (χ2n) is 4.33. The Bertz CT molecular complexity index is 562. The summed E-state index contributed by atoms with van der Waals surface area (Å²) >= 11 is 0. The average molecular weight is 266 g/mol. The molecule has 0 saturated heterocycles. The molecule has 0 aliphatic carbocycles. The maximum Gasteiger partial charge on any atom is 0.416 e.